The number of ether oxygens (including phenoxy) is 1. The summed E-state index contributed by atoms with van der Waals surface area (Å²) in [6.07, 6.45) is 3.20. The first-order valence-corrected chi connectivity index (χ1v) is 8.22. The Morgan fingerprint density at radius 2 is 2.19 bits per heavy atom. The van der Waals surface area contributed by atoms with Crippen molar-refractivity contribution in [1.82, 2.24) is 19.1 Å². The van der Waals surface area contributed by atoms with Gasteiger partial charge in [-0.05, 0) is 24.6 Å². The molecule has 0 unspecified atom stereocenters. The van der Waals surface area contributed by atoms with Gasteiger partial charge in [-0.1, -0.05) is 0 Å². The van der Waals surface area contributed by atoms with E-state index in [-0.39, 0.29) is 24.0 Å². The topological polar surface area (TPSA) is 104 Å². The molecule has 4 rings (SSSR count). The number of anilines is 1. The molecule has 1 amide bonds. The average molecular weight is 367 g/mol. The van der Waals surface area contributed by atoms with Crippen molar-refractivity contribution in [3.05, 3.63) is 46.6 Å². The van der Waals surface area contributed by atoms with Crippen LogP contribution in [0.2, 0.25) is 0 Å². The molecule has 9 heteroatoms. The number of hydrogen-bond donors (Lipinski definition) is 1. The van der Waals surface area contributed by atoms with Gasteiger partial charge in [0, 0.05) is 19.3 Å². The van der Waals surface area contributed by atoms with Gasteiger partial charge in [0.25, 0.3) is 5.56 Å². The molecule has 9 nitrogen and oxygen atoms in total. The van der Waals surface area contributed by atoms with Crippen molar-refractivity contribution in [2.75, 3.05) is 12.4 Å². The minimum absolute atomic E-state index is 0.0803. The van der Waals surface area contributed by atoms with Gasteiger partial charge < -0.3 is 18.3 Å². The number of aryl methyl sites for hydroxylation is 2. The summed E-state index contributed by atoms with van der Waals surface area (Å²) in [6.45, 7) is 1.78. The highest BCUT2D eigenvalue weighted by Gasteiger charge is 2.15. The number of nitrogens with one attached hydrogen (secondary N) is 1. The van der Waals surface area contributed by atoms with Crippen LogP contribution >= 0.6 is 0 Å². The van der Waals surface area contributed by atoms with Gasteiger partial charge in [-0.15, -0.1) is 0 Å². The quantitative estimate of drug-likeness (QED) is 0.590. The fourth-order valence-electron chi connectivity index (χ4n) is 2.99. The molecule has 3 heterocycles. The summed E-state index contributed by atoms with van der Waals surface area (Å²) in [7, 11) is 3.22. The number of carbonyl (C=O) groups excluding carboxylic acids is 1. The Hall–Kier alpha value is -3.62. The zero-order chi connectivity index (χ0) is 19.1. The molecule has 0 atom stereocenters. The van der Waals surface area contributed by atoms with Crippen LogP contribution in [0.5, 0.6) is 5.75 Å². The fraction of sp³-hybridized carbons (Fsp3) is 0.222. The molecule has 0 bridgehead atoms. The van der Waals surface area contributed by atoms with Crippen LogP contribution in [-0.4, -0.2) is 32.1 Å². The predicted molar refractivity (Wildman–Crippen MR) is 98.9 cm³/mol. The van der Waals surface area contributed by atoms with E-state index < -0.39 is 0 Å². The maximum absolute atomic E-state index is 12.4. The number of methoxy groups -OCH3 is 1. The van der Waals surface area contributed by atoms with E-state index in [2.05, 4.69) is 15.3 Å². The first-order chi connectivity index (χ1) is 13.0. The lowest BCUT2D eigenvalue weighted by molar-refractivity contribution is -0.116. The summed E-state index contributed by atoms with van der Waals surface area (Å²) in [5.74, 6) is 0.254. The third kappa shape index (κ3) is 2.92. The number of amides is 1. The van der Waals surface area contributed by atoms with E-state index in [1.165, 1.54) is 15.5 Å². The van der Waals surface area contributed by atoms with E-state index in [1.54, 1.807) is 38.6 Å². The van der Waals surface area contributed by atoms with Crippen molar-refractivity contribution in [2.45, 2.75) is 13.5 Å². The van der Waals surface area contributed by atoms with Crippen LogP contribution in [0.25, 0.3) is 22.1 Å². The highest BCUT2D eigenvalue weighted by Crippen LogP contribution is 2.23. The number of hydrogen-bond acceptors (Lipinski definition) is 6. The Bertz CT molecular complexity index is 1230. The van der Waals surface area contributed by atoms with Gasteiger partial charge in [0.15, 0.2) is 5.58 Å². The first-order valence-electron chi connectivity index (χ1n) is 8.22. The molecule has 0 aliphatic carbocycles. The number of imidazole rings is 1. The number of pyridine rings is 1. The van der Waals surface area contributed by atoms with E-state index >= 15 is 0 Å². The van der Waals surface area contributed by atoms with Gasteiger partial charge in [0.2, 0.25) is 5.91 Å². The molecule has 0 fully saturated rings. The van der Waals surface area contributed by atoms with Crippen LogP contribution in [0, 0.1) is 6.92 Å². The summed E-state index contributed by atoms with van der Waals surface area (Å²) >= 11 is 0. The molecule has 0 saturated carbocycles. The van der Waals surface area contributed by atoms with Gasteiger partial charge in [0.1, 0.15) is 23.3 Å². The van der Waals surface area contributed by atoms with Crippen LogP contribution in [-0.2, 0) is 18.4 Å². The highest BCUT2D eigenvalue weighted by atomic mass is 16.5. The summed E-state index contributed by atoms with van der Waals surface area (Å²) in [5.41, 5.74) is 2.72. The molecule has 0 spiro atoms. The van der Waals surface area contributed by atoms with E-state index in [0.717, 1.165) is 5.56 Å². The normalized spacial score (nSPS) is 11.2. The SMILES string of the molecule is COc1ccc2nc(NC(=O)Cn3cnc4c(C)cn(C)c(=O)c43)oc2c1. The van der Waals surface area contributed by atoms with Gasteiger partial charge in [0.05, 0.1) is 19.0 Å². The standard InChI is InChI=1S/C18H17N5O4/c1-10-7-22(2)17(25)16-15(10)19-9-23(16)8-14(24)21-18-20-12-5-4-11(26-3)6-13(12)27-18/h4-7,9H,8H2,1-3H3,(H,20,21,24). The molecule has 0 aliphatic heterocycles. The zero-order valence-electron chi connectivity index (χ0n) is 15.0. The molecule has 3 aromatic heterocycles. The Balaban J connectivity index is 1.60. The number of rotatable bonds is 4. The van der Waals surface area contributed by atoms with E-state index in [4.69, 9.17) is 9.15 Å². The van der Waals surface area contributed by atoms with Crippen LogP contribution in [0.15, 0.2) is 39.9 Å². The number of fused-ring (bicyclic) bond motifs is 2. The molecular weight excluding hydrogens is 350 g/mol. The number of nitrogens with zero attached hydrogens (tertiary/aromatic N) is 4. The molecule has 1 aromatic carbocycles. The van der Waals surface area contributed by atoms with Gasteiger partial charge in [-0.25, -0.2) is 4.98 Å². The zero-order valence-corrected chi connectivity index (χ0v) is 15.0. The Labute approximate surface area is 153 Å². The number of carbonyl (C=O) groups is 1. The summed E-state index contributed by atoms with van der Waals surface area (Å²) < 4.78 is 13.7. The smallest absolute Gasteiger partial charge is 0.302 e. The fourth-order valence-corrected chi connectivity index (χ4v) is 2.99. The Morgan fingerprint density at radius 3 is 2.96 bits per heavy atom. The monoisotopic (exact) mass is 367 g/mol. The minimum atomic E-state index is -0.378. The van der Waals surface area contributed by atoms with Crippen LogP contribution < -0.4 is 15.6 Å². The molecule has 27 heavy (non-hydrogen) atoms. The lowest BCUT2D eigenvalue weighted by Crippen LogP contribution is -2.23. The van der Waals surface area contributed by atoms with Crippen molar-refractivity contribution in [3.8, 4) is 5.75 Å². The van der Waals surface area contributed by atoms with Crippen molar-refractivity contribution in [2.24, 2.45) is 7.05 Å². The maximum atomic E-state index is 12.4. The third-order valence-corrected chi connectivity index (χ3v) is 4.28. The average Bonchev–Trinajstić information content (AvgIpc) is 3.22. The molecule has 0 saturated heterocycles. The van der Waals surface area contributed by atoms with Crippen LogP contribution in [0.3, 0.4) is 0 Å². The highest BCUT2D eigenvalue weighted by molar-refractivity contribution is 5.91. The first kappa shape index (κ1) is 16.8. The summed E-state index contributed by atoms with van der Waals surface area (Å²) in [4.78, 5) is 33.3. The molecule has 4 aromatic rings. The second-order valence-electron chi connectivity index (χ2n) is 6.20. The van der Waals surface area contributed by atoms with E-state index in [1.807, 2.05) is 6.92 Å². The predicted octanol–water partition coefficient (Wildman–Crippen LogP) is 1.83. The van der Waals surface area contributed by atoms with E-state index in [0.29, 0.717) is 27.9 Å². The van der Waals surface area contributed by atoms with Gasteiger partial charge in [-0.3, -0.25) is 14.9 Å². The van der Waals surface area contributed by atoms with Crippen molar-refractivity contribution in [3.63, 3.8) is 0 Å². The Morgan fingerprint density at radius 1 is 1.37 bits per heavy atom. The van der Waals surface area contributed by atoms with Crippen LogP contribution in [0.1, 0.15) is 5.56 Å². The summed E-state index contributed by atoms with van der Waals surface area (Å²) in [5, 5.41) is 2.61. The van der Waals surface area contributed by atoms with Crippen molar-refractivity contribution < 1.29 is 13.9 Å². The maximum Gasteiger partial charge on any atom is 0.302 e. The second kappa shape index (κ2) is 6.27. The largest absolute Gasteiger partial charge is 0.497 e. The molecular formula is C18H17N5O4. The van der Waals surface area contributed by atoms with Crippen LogP contribution in [0.4, 0.5) is 6.01 Å². The second-order valence-corrected chi connectivity index (χ2v) is 6.20. The molecule has 1 N–H and O–H groups in total. The van der Waals surface area contributed by atoms with Crippen molar-refractivity contribution in [1.29, 1.82) is 0 Å². The Kier molecular flexibility index (Phi) is 3.91. The summed E-state index contributed by atoms with van der Waals surface area (Å²) in [6, 6.07) is 5.26. The number of oxazole rings is 1. The molecule has 0 radical (unpaired) electrons. The number of benzene rings is 1. The minimum Gasteiger partial charge on any atom is -0.497 e. The van der Waals surface area contributed by atoms with Crippen molar-refractivity contribution >= 4 is 34.1 Å². The molecule has 0 aliphatic rings. The van der Waals surface area contributed by atoms with E-state index in [9.17, 15) is 9.59 Å². The number of aromatic nitrogens is 4. The molecule has 138 valence electrons. The lowest BCUT2D eigenvalue weighted by Gasteiger charge is -2.05. The lowest BCUT2D eigenvalue weighted by atomic mass is 10.2. The third-order valence-electron chi connectivity index (χ3n) is 4.28. The van der Waals surface area contributed by atoms with Gasteiger partial charge in [-0.2, -0.15) is 4.98 Å². The van der Waals surface area contributed by atoms with Gasteiger partial charge >= 0.3 is 6.01 Å².